The highest BCUT2D eigenvalue weighted by molar-refractivity contribution is 9.10. The molecule has 0 amide bonds. The van der Waals surface area contributed by atoms with E-state index < -0.39 is 0 Å². The molecule has 0 aliphatic rings. The summed E-state index contributed by atoms with van der Waals surface area (Å²) in [5.41, 5.74) is 4.90. The van der Waals surface area contributed by atoms with Crippen LogP contribution in [-0.4, -0.2) is 14.1 Å². The topological polar surface area (TPSA) is 15.3 Å². The summed E-state index contributed by atoms with van der Waals surface area (Å²) in [5, 5.41) is 3.46. The first-order chi connectivity index (χ1) is 9.06. The van der Waals surface area contributed by atoms with Gasteiger partial charge in [0.05, 0.1) is 0 Å². The van der Waals surface area contributed by atoms with Crippen LogP contribution in [0.4, 0.5) is 11.4 Å². The number of benzene rings is 2. The minimum absolute atomic E-state index is 0.838. The van der Waals surface area contributed by atoms with E-state index in [0.717, 1.165) is 16.7 Å². The van der Waals surface area contributed by atoms with Gasteiger partial charge in [-0.05, 0) is 42.3 Å². The predicted octanol–water partition coefficient (Wildman–Crippen LogP) is 4.44. The van der Waals surface area contributed by atoms with Crippen LogP contribution in [0.25, 0.3) is 0 Å². The van der Waals surface area contributed by atoms with Gasteiger partial charge in [-0.15, -0.1) is 0 Å². The van der Waals surface area contributed by atoms with Crippen LogP contribution in [0.15, 0.2) is 46.9 Å². The van der Waals surface area contributed by atoms with Crippen molar-refractivity contribution in [3.8, 4) is 0 Å². The summed E-state index contributed by atoms with van der Waals surface area (Å²) in [6, 6.07) is 14.9. The lowest BCUT2D eigenvalue weighted by molar-refractivity contribution is 1.11. The fourth-order valence-corrected chi connectivity index (χ4v) is 2.16. The van der Waals surface area contributed by atoms with Gasteiger partial charge in [0.1, 0.15) is 0 Å². The zero-order valence-electron chi connectivity index (χ0n) is 11.6. The molecule has 0 bridgehead atoms. The number of anilines is 2. The first kappa shape index (κ1) is 13.9. The van der Waals surface area contributed by atoms with Gasteiger partial charge in [0, 0.05) is 36.5 Å². The van der Waals surface area contributed by atoms with Gasteiger partial charge in [-0.1, -0.05) is 34.1 Å². The van der Waals surface area contributed by atoms with Gasteiger partial charge in [0.25, 0.3) is 0 Å². The molecule has 0 aliphatic heterocycles. The first-order valence-electron chi connectivity index (χ1n) is 6.32. The van der Waals surface area contributed by atoms with Crippen molar-refractivity contribution < 1.29 is 0 Å². The number of aryl methyl sites for hydroxylation is 1. The number of nitrogens with zero attached hydrogens (tertiary/aromatic N) is 1. The van der Waals surface area contributed by atoms with Crippen LogP contribution in [0, 0.1) is 6.92 Å². The van der Waals surface area contributed by atoms with Crippen LogP contribution in [-0.2, 0) is 6.54 Å². The normalized spacial score (nSPS) is 10.3. The van der Waals surface area contributed by atoms with E-state index in [4.69, 9.17) is 0 Å². The van der Waals surface area contributed by atoms with Crippen LogP contribution >= 0.6 is 15.9 Å². The van der Waals surface area contributed by atoms with Crippen LogP contribution in [0.1, 0.15) is 11.1 Å². The van der Waals surface area contributed by atoms with Crippen LogP contribution in [0.2, 0.25) is 0 Å². The zero-order chi connectivity index (χ0) is 13.8. The van der Waals surface area contributed by atoms with E-state index in [2.05, 4.69) is 89.6 Å². The summed E-state index contributed by atoms with van der Waals surface area (Å²) >= 11 is 3.52. The molecule has 0 aromatic heterocycles. The quantitative estimate of drug-likeness (QED) is 0.896. The Labute approximate surface area is 123 Å². The van der Waals surface area contributed by atoms with E-state index in [9.17, 15) is 0 Å². The maximum atomic E-state index is 3.52. The lowest BCUT2D eigenvalue weighted by Crippen LogP contribution is -2.09. The van der Waals surface area contributed by atoms with Crippen molar-refractivity contribution in [2.45, 2.75) is 13.5 Å². The standard InChI is InChI=1S/C16H19BrN2/c1-12-9-13(7-8-16(12)17)11-18-14-5-4-6-15(10-14)19(2)3/h4-10,18H,11H2,1-3H3. The van der Waals surface area contributed by atoms with Crippen LogP contribution in [0.5, 0.6) is 0 Å². The molecule has 1 N–H and O–H groups in total. The molecule has 2 aromatic carbocycles. The Kier molecular flexibility index (Phi) is 4.48. The third kappa shape index (κ3) is 3.74. The highest BCUT2D eigenvalue weighted by Crippen LogP contribution is 2.20. The van der Waals surface area contributed by atoms with Crippen molar-refractivity contribution in [3.63, 3.8) is 0 Å². The molecule has 3 heteroatoms. The van der Waals surface area contributed by atoms with E-state index in [-0.39, 0.29) is 0 Å². The molecule has 2 aromatic rings. The summed E-state index contributed by atoms with van der Waals surface area (Å²) in [4.78, 5) is 2.11. The van der Waals surface area contributed by atoms with Crippen molar-refractivity contribution in [2.75, 3.05) is 24.3 Å². The minimum Gasteiger partial charge on any atom is -0.381 e. The highest BCUT2D eigenvalue weighted by atomic mass is 79.9. The molecule has 0 saturated carbocycles. The molecule has 0 spiro atoms. The van der Waals surface area contributed by atoms with Gasteiger partial charge in [0.2, 0.25) is 0 Å². The zero-order valence-corrected chi connectivity index (χ0v) is 13.2. The Morgan fingerprint density at radius 3 is 2.58 bits per heavy atom. The fraction of sp³-hybridized carbons (Fsp3) is 0.250. The largest absolute Gasteiger partial charge is 0.381 e. The third-order valence-electron chi connectivity index (χ3n) is 3.08. The second-order valence-corrected chi connectivity index (χ2v) is 5.74. The maximum Gasteiger partial charge on any atom is 0.0400 e. The molecule has 19 heavy (non-hydrogen) atoms. The van der Waals surface area contributed by atoms with Crippen molar-refractivity contribution in [2.24, 2.45) is 0 Å². The molecule has 0 radical (unpaired) electrons. The second-order valence-electron chi connectivity index (χ2n) is 4.88. The average molecular weight is 319 g/mol. The van der Waals surface area contributed by atoms with Crippen LogP contribution in [0.3, 0.4) is 0 Å². The number of nitrogens with one attached hydrogen (secondary N) is 1. The van der Waals surface area contributed by atoms with E-state index in [0.29, 0.717) is 0 Å². The van der Waals surface area contributed by atoms with Crippen molar-refractivity contribution in [1.82, 2.24) is 0 Å². The lowest BCUT2D eigenvalue weighted by atomic mass is 10.1. The predicted molar refractivity (Wildman–Crippen MR) is 87.0 cm³/mol. The first-order valence-corrected chi connectivity index (χ1v) is 7.12. The van der Waals surface area contributed by atoms with Crippen molar-refractivity contribution in [3.05, 3.63) is 58.1 Å². The SMILES string of the molecule is Cc1cc(CNc2cccc(N(C)C)c2)ccc1Br. The van der Waals surface area contributed by atoms with Crippen molar-refractivity contribution >= 4 is 27.3 Å². The summed E-state index contributed by atoms with van der Waals surface area (Å²) in [5.74, 6) is 0. The molecule has 2 rings (SSSR count). The molecular weight excluding hydrogens is 300 g/mol. The smallest absolute Gasteiger partial charge is 0.0400 e. The van der Waals surface area contributed by atoms with Crippen molar-refractivity contribution in [1.29, 1.82) is 0 Å². The second kappa shape index (κ2) is 6.11. The Hall–Kier alpha value is -1.48. The molecule has 0 atom stereocenters. The van der Waals surface area contributed by atoms with Gasteiger partial charge in [-0.3, -0.25) is 0 Å². The number of halogens is 1. The Bertz CT molecular complexity index is 564. The maximum absolute atomic E-state index is 3.52. The molecule has 2 nitrogen and oxygen atoms in total. The summed E-state index contributed by atoms with van der Waals surface area (Å²) < 4.78 is 1.16. The lowest BCUT2D eigenvalue weighted by Gasteiger charge is -2.14. The average Bonchev–Trinajstić information content (AvgIpc) is 2.40. The van der Waals surface area contributed by atoms with E-state index >= 15 is 0 Å². The van der Waals surface area contributed by atoms with E-state index in [1.807, 2.05) is 0 Å². The minimum atomic E-state index is 0.838. The summed E-state index contributed by atoms with van der Waals surface area (Å²) in [7, 11) is 4.11. The number of hydrogen-bond donors (Lipinski definition) is 1. The molecule has 0 fully saturated rings. The number of rotatable bonds is 4. The van der Waals surface area contributed by atoms with Crippen LogP contribution < -0.4 is 10.2 Å². The summed E-state index contributed by atoms with van der Waals surface area (Å²) in [6.07, 6.45) is 0. The molecular formula is C16H19BrN2. The Morgan fingerprint density at radius 1 is 1.11 bits per heavy atom. The molecule has 0 heterocycles. The van der Waals surface area contributed by atoms with Gasteiger partial charge in [0.15, 0.2) is 0 Å². The van der Waals surface area contributed by atoms with E-state index in [1.165, 1.54) is 16.8 Å². The highest BCUT2D eigenvalue weighted by Gasteiger charge is 2.00. The Morgan fingerprint density at radius 2 is 1.89 bits per heavy atom. The Balaban J connectivity index is 2.05. The molecule has 0 saturated heterocycles. The van der Waals surface area contributed by atoms with Gasteiger partial charge >= 0.3 is 0 Å². The van der Waals surface area contributed by atoms with Gasteiger partial charge < -0.3 is 10.2 Å². The third-order valence-corrected chi connectivity index (χ3v) is 3.97. The fourth-order valence-electron chi connectivity index (χ4n) is 1.91. The van der Waals surface area contributed by atoms with Gasteiger partial charge in [-0.25, -0.2) is 0 Å². The number of hydrogen-bond acceptors (Lipinski definition) is 2. The summed E-state index contributed by atoms with van der Waals surface area (Å²) in [6.45, 7) is 2.95. The van der Waals surface area contributed by atoms with E-state index in [1.54, 1.807) is 0 Å². The molecule has 100 valence electrons. The van der Waals surface area contributed by atoms with Gasteiger partial charge in [-0.2, -0.15) is 0 Å². The molecule has 0 unspecified atom stereocenters. The molecule has 0 aliphatic carbocycles. The monoisotopic (exact) mass is 318 g/mol.